The van der Waals surface area contributed by atoms with Gasteiger partial charge in [-0.3, -0.25) is 0 Å². The van der Waals surface area contributed by atoms with Crippen molar-refractivity contribution in [3.05, 3.63) is 0 Å². The molecule has 0 spiro atoms. The normalized spacial score (nSPS) is 11.2. The molecule has 0 heterocycles. The van der Waals surface area contributed by atoms with Crippen molar-refractivity contribution in [3.63, 3.8) is 0 Å². The molecule has 0 aliphatic carbocycles. The largest absolute Gasteiger partial charge is 0.510 e. The summed E-state index contributed by atoms with van der Waals surface area (Å²) in [6.07, 6.45) is -1.49. The number of rotatable bonds is 5. The Balaban J connectivity index is 4.23. The van der Waals surface area contributed by atoms with Crippen LogP contribution in [0.2, 0.25) is 0 Å². The summed E-state index contributed by atoms with van der Waals surface area (Å²) in [5.41, 5.74) is 0. The Labute approximate surface area is 70.0 Å². The molecule has 0 radical (unpaired) electrons. The number of carbonyl (C=O) groups is 1. The molecule has 72 valence electrons. The molecule has 0 bridgehead atoms. The first kappa shape index (κ1) is 11.2. The van der Waals surface area contributed by atoms with Crippen LogP contribution in [0.15, 0.2) is 0 Å². The molecular formula is C6H12O6. The Morgan fingerprint density at radius 2 is 1.83 bits per heavy atom. The topological polar surface area (TPSA) is 74.2 Å². The summed E-state index contributed by atoms with van der Waals surface area (Å²) in [4.78, 5) is 10.2. The molecule has 1 N–H and O–H groups in total. The smallest absolute Gasteiger partial charge is 0.450 e. The van der Waals surface area contributed by atoms with Crippen LogP contribution in [0.1, 0.15) is 0 Å². The van der Waals surface area contributed by atoms with Gasteiger partial charge >= 0.3 is 12.1 Å². The molecule has 0 fully saturated rings. The number of hydrogen-bond acceptors (Lipinski definition) is 5. The molecule has 0 amide bonds. The van der Waals surface area contributed by atoms with Crippen molar-refractivity contribution < 1.29 is 28.8 Å². The molecule has 0 rings (SSSR count). The Kier molecular flexibility index (Phi) is 4.57. The lowest BCUT2D eigenvalue weighted by atomic mass is 10.6. The third-order valence-corrected chi connectivity index (χ3v) is 1.19. The number of ether oxygens (including phenoxy) is 4. The van der Waals surface area contributed by atoms with Crippen LogP contribution >= 0.6 is 0 Å². The molecule has 12 heavy (non-hydrogen) atoms. The minimum absolute atomic E-state index is 0.133. The lowest BCUT2D eigenvalue weighted by molar-refractivity contribution is -0.354. The first-order valence-corrected chi connectivity index (χ1v) is 3.11. The van der Waals surface area contributed by atoms with E-state index in [0.717, 1.165) is 0 Å². The van der Waals surface area contributed by atoms with Gasteiger partial charge in [0.2, 0.25) is 0 Å². The first-order chi connectivity index (χ1) is 5.60. The molecule has 0 aromatic carbocycles. The third kappa shape index (κ3) is 3.04. The zero-order valence-electron chi connectivity index (χ0n) is 7.20. The van der Waals surface area contributed by atoms with Crippen molar-refractivity contribution in [2.24, 2.45) is 0 Å². The van der Waals surface area contributed by atoms with E-state index in [1.807, 2.05) is 0 Å². The van der Waals surface area contributed by atoms with E-state index in [4.69, 9.17) is 5.11 Å². The Bertz CT molecular complexity index is 141. The second kappa shape index (κ2) is 4.91. The van der Waals surface area contributed by atoms with Gasteiger partial charge in [0.05, 0.1) is 0 Å². The van der Waals surface area contributed by atoms with Gasteiger partial charge in [0, 0.05) is 21.3 Å². The second-order valence-corrected chi connectivity index (χ2v) is 1.89. The molecule has 0 atom stereocenters. The van der Waals surface area contributed by atoms with Gasteiger partial charge in [-0.1, -0.05) is 0 Å². The van der Waals surface area contributed by atoms with Crippen LogP contribution < -0.4 is 0 Å². The lowest BCUT2D eigenvalue weighted by Crippen LogP contribution is -2.43. The lowest BCUT2D eigenvalue weighted by Gasteiger charge is -2.26. The van der Waals surface area contributed by atoms with Gasteiger partial charge in [-0.2, -0.15) is 0 Å². The predicted octanol–water partition coefficient (Wildman–Crippen LogP) is 0.274. The average Bonchev–Trinajstić information content (AvgIpc) is 2.03. The van der Waals surface area contributed by atoms with E-state index in [-0.39, 0.29) is 6.61 Å². The summed E-state index contributed by atoms with van der Waals surface area (Å²) < 4.78 is 18.4. The van der Waals surface area contributed by atoms with Gasteiger partial charge in [-0.25, -0.2) is 4.79 Å². The fourth-order valence-electron chi connectivity index (χ4n) is 0.624. The van der Waals surface area contributed by atoms with Gasteiger partial charge in [-0.05, 0) is 0 Å². The van der Waals surface area contributed by atoms with Crippen LogP contribution in [0.25, 0.3) is 0 Å². The van der Waals surface area contributed by atoms with Gasteiger partial charge in [0.1, 0.15) is 6.61 Å². The molecule has 0 aromatic rings. The molecule has 0 aliphatic heterocycles. The van der Waals surface area contributed by atoms with Crippen LogP contribution in [0.3, 0.4) is 0 Å². The summed E-state index contributed by atoms with van der Waals surface area (Å²) in [5, 5.41) is 8.30. The Morgan fingerprint density at radius 3 is 2.08 bits per heavy atom. The van der Waals surface area contributed by atoms with E-state index in [2.05, 4.69) is 18.9 Å². The summed E-state index contributed by atoms with van der Waals surface area (Å²) in [6, 6.07) is 0. The van der Waals surface area contributed by atoms with Crippen LogP contribution in [-0.4, -0.2) is 45.2 Å². The summed E-state index contributed by atoms with van der Waals surface area (Å²) >= 11 is 0. The molecule has 6 heteroatoms. The predicted molar refractivity (Wildman–Crippen MR) is 37.7 cm³/mol. The van der Waals surface area contributed by atoms with E-state index >= 15 is 0 Å². The monoisotopic (exact) mass is 180 g/mol. The van der Waals surface area contributed by atoms with E-state index in [1.54, 1.807) is 0 Å². The standard InChI is InChI=1S/C6H12O6/c1-9-4-6(10-2,11-3)12-5(7)8/h4H2,1-3H3,(H,7,8). The van der Waals surface area contributed by atoms with Crippen LogP contribution in [0.4, 0.5) is 4.79 Å². The van der Waals surface area contributed by atoms with Crippen molar-refractivity contribution in [2.75, 3.05) is 27.9 Å². The number of carboxylic acid groups (broad SMARTS) is 1. The molecule has 0 unspecified atom stereocenters. The maximum Gasteiger partial charge on any atom is 0.510 e. The zero-order valence-corrected chi connectivity index (χ0v) is 7.20. The second-order valence-electron chi connectivity index (χ2n) is 1.89. The molecule has 0 aliphatic rings. The van der Waals surface area contributed by atoms with Crippen LogP contribution in [0, 0.1) is 0 Å². The van der Waals surface area contributed by atoms with Gasteiger partial charge in [0.15, 0.2) is 0 Å². The van der Waals surface area contributed by atoms with E-state index in [0.29, 0.717) is 0 Å². The Morgan fingerprint density at radius 1 is 1.33 bits per heavy atom. The van der Waals surface area contributed by atoms with Gasteiger partial charge in [0.25, 0.3) is 0 Å². The molecule has 0 saturated carbocycles. The van der Waals surface area contributed by atoms with E-state index in [1.165, 1.54) is 21.3 Å². The highest BCUT2D eigenvalue weighted by Crippen LogP contribution is 2.13. The van der Waals surface area contributed by atoms with Crippen molar-refractivity contribution in [1.82, 2.24) is 0 Å². The maximum absolute atomic E-state index is 10.2. The van der Waals surface area contributed by atoms with E-state index in [9.17, 15) is 4.79 Å². The fraction of sp³-hybridized carbons (Fsp3) is 0.833. The summed E-state index contributed by atoms with van der Waals surface area (Å²) in [6.45, 7) is -0.133. The summed E-state index contributed by atoms with van der Waals surface area (Å²) in [7, 11) is 3.88. The van der Waals surface area contributed by atoms with Gasteiger partial charge in [-0.15, -0.1) is 0 Å². The van der Waals surface area contributed by atoms with Crippen molar-refractivity contribution in [2.45, 2.75) is 5.97 Å². The van der Waals surface area contributed by atoms with Crippen molar-refractivity contribution in [1.29, 1.82) is 0 Å². The maximum atomic E-state index is 10.2. The van der Waals surface area contributed by atoms with Crippen molar-refractivity contribution >= 4 is 6.16 Å². The average molecular weight is 180 g/mol. The van der Waals surface area contributed by atoms with E-state index < -0.39 is 12.1 Å². The molecule has 0 saturated heterocycles. The minimum atomic E-state index is -1.67. The van der Waals surface area contributed by atoms with Crippen molar-refractivity contribution in [3.8, 4) is 0 Å². The zero-order chi connectivity index (χ0) is 9.61. The van der Waals surface area contributed by atoms with Gasteiger partial charge < -0.3 is 24.1 Å². The quantitative estimate of drug-likeness (QED) is 0.483. The molecule has 0 aromatic heterocycles. The Hall–Kier alpha value is -0.850. The SMILES string of the molecule is COCC(OC)(OC)OC(=O)O. The fourth-order valence-corrected chi connectivity index (χ4v) is 0.624. The highest BCUT2D eigenvalue weighted by atomic mass is 16.9. The highest BCUT2D eigenvalue weighted by Gasteiger charge is 2.35. The molecular weight excluding hydrogens is 168 g/mol. The third-order valence-electron chi connectivity index (χ3n) is 1.19. The number of hydrogen-bond donors (Lipinski definition) is 1. The van der Waals surface area contributed by atoms with Crippen LogP contribution in [-0.2, 0) is 18.9 Å². The molecule has 6 nitrogen and oxygen atoms in total. The van der Waals surface area contributed by atoms with Crippen LogP contribution in [0.5, 0.6) is 0 Å². The minimum Gasteiger partial charge on any atom is -0.450 e. The summed E-state index contributed by atoms with van der Waals surface area (Å²) in [5.74, 6) is -1.67. The first-order valence-electron chi connectivity index (χ1n) is 3.11. The highest BCUT2D eigenvalue weighted by molar-refractivity contribution is 5.57. The number of methoxy groups -OCH3 is 3.